The van der Waals surface area contributed by atoms with Crippen LogP contribution in [0.15, 0.2) is 0 Å². The van der Waals surface area contributed by atoms with Crippen molar-refractivity contribution >= 4 is 22.0 Å². The lowest BCUT2D eigenvalue weighted by Gasteiger charge is -2.19. The van der Waals surface area contributed by atoms with Gasteiger partial charge in [0.2, 0.25) is 10.0 Å². The molecule has 18 heavy (non-hydrogen) atoms. The van der Waals surface area contributed by atoms with Crippen molar-refractivity contribution in [1.29, 1.82) is 0 Å². The molecule has 104 valence electrons. The van der Waals surface area contributed by atoms with E-state index in [1.54, 1.807) is 6.92 Å². The molecule has 1 aliphatic heterocycles. The fraction of sp³-hybridized carbons (Fsp3) is 0.800. The SMILES string of the molecule is CCOC(=O)CS(=O)(=O)N1CCC(C)(C(=O)O)C1. The van der Waals surface area contributed by atoms with Gasteiger partial charge in [-0.25, -0.2) is 12.7 Å². The molecule has 0 aromatic carbocycles. The third kappa shape index (κ3) is 3.20. The van der Waals surface area contributed by atoms with Crippen LogP contribution in [0.3, 0.4) is 0 Å². The Morgan fingerprint density at radius 2 is 2.06 bits per heavy atom. The van der Waals surface area contributed by atoms with Crippen LogP contribution in [0.2, 0.25) is 0 Å². The number of hydrogen-bond donors (Lipinski definition) is 1. The lowest BCUT2D eigenvalue weighted by atomic mass is 9.90. The predicted octanol–water partition coefficient (Wildman–Crippen LogP) is -0.324. The normalized spacial score (nSPS) is 25.0. The fourth-order valence-corrected chi connectivity index (χ4v) is 3.19. The number of esters is 1. The minimum Gasteiger partial charge on any atom is -0.481 e. The Kier molecular flexibility index (Phi) is 4.33. The molecule has 1 saturated heterocycles. The molecule has 0 bridgehead atoms. The molecule has 1 N–H and O–H groups in total. The second-order valence-electron chi connectivity index (χ2n) is 4.51. The maximum Gasteiger partial charge on any atom is 0.322 e. The van der Waals surface area contributed by atoms with Gasteiger partial charge in [0, 0.05) is 13.1 Å². The summed E-state index contributed by atoms with van der Waals surface area (Å²) in [6.45, 7) is 3.20. The first-order chi connectivity index (χ1) is 8.21. The van der Waals surface area contributed by atoms with E-state index in [0.29, 0.717) is 0 Å². The van der Waals surface area contributed by atoms with Crippen molar-refractivity contribution < 1.29 is 27.9 Å². The molecule has 1 fully saturated rings. The number of aliphatic carboxylic acids is 1. The summed E-state index contributed by atoms with van der Waals surface area (Å²) in [4.78, 5) is 22.2. The number of ether oxygens (including phenoxy) is 1. The summed E-state index contributed by atoms with van der Waals surface area (Å²) in [5.74, 6) is -2.59. The van der Waals surface area contributed by atoms with Crippen LogP contribution < -0.4 is 0 Å². The van der Waals surface area contributed by atoms with Crippen LogP contribution >= 0.6 is 0 Å². The summed E-state index contributed by atoms with van der Waals surface area (Å²) in [5.41, 5.74) is -1.08. The molecular weight excluding hydrogens is 262 g/mol. The van der Waals surface area contributed by atoms with Gasteiger partial charge in [-0.15, -0.1) is 0 Å². The van der Waals surface area contributed by atoms with E-state index in [-0.39, 0.29) is 26.1 Å². The second-order valence-corrected chi connectivity index (χ2v) is 6.48. The van der Waals surface area contributed by atoms with E-state index in [2.05, 4.69) is 4.74 Å². The van der Waals surface area contributed by atoms with E-state index in [0.717, 1.165) is 4.31 Å². The molecule has 8 heteroatoms. The first-order valence-corrected chi connectivity index (χ1v) is 7.19. The van der Waals surface area contributed by atoms with Gasteiger partial charge in [0.15, 0.2) is 5.75 Å². The van der Waals surface area contributed by atoms with Crippen molar-refractivity contribution in [3.63, 3.8) is 0 Å². The quantitative estimate of drug-likeness (QED) is 0.692. The lowest BCUT2D eigenvalue weighted by molar-refractivity contribution is -0.146. The van der Waals surface area contributed by atoms with E-state index in [4.69, 9.17) is 5.11 Å². The Balaban J connectivity index is 2.72. The average Bonchev–Trinajstić information content (AvgIpc) is 2.62. The predicted molar refractivity (Wildman–Crippen MR) is 62.4 cm³/mol. The highest BCUT2D eigenvalue weighted by Crippen LogP contribution is 2.31. The van der Waals surface area contributed by atoms with Gasteiger partial charge in [-0.05, 0) is 20.3 Å². The van der Waals surface area contributed by atoms with Crippen molar-refractivity contribution in [1.82, 2.24) is 4.31 Å². The van der Waals surface area contributed by atoms with Crippen molar-refractivity contribution in [2.45, 2.75) is 20.3 Å². The van der Waals surface area contributed by atoms with Gasteiger partial charge in [-0.1, -0.05) is 0 Å². The molecule has 7 nitrogen and oxygen atoms in total. The van der Waals surface area contributed by atoms with E-state index in [1.807, 2.05) is 0 Å². The van der Waals surface area contributed by atoms with Crippen LogP contribution in [-0.2, 0) is 24.3 Å². The molecule has 0 spiro atoms. The summed E-state index contributed by atoms with van der Waals surface area (Å²) in [6, 6.07) is 0. The van der Waals surface area contributed by atoms with Crippen LogP contribution in [0.4, 0.5) is 0 Å². The molecular formula is C10H17NO6S. The van der Waals surface area contributed by atoms with Crippen LogP contribution in [0.25, 0.3) is 0 Å². The third-order valence-electron chi connectivity index (χ3n) is 2.95. The summed E-state index contributed by atoms with van der Waals surface area (Å²) in [6.07, 6.45) is 0.240. The molecule has 1 unspecified atom stereocenters. The monoisotopic (exact) mass is 279 g/mol. The molecule has 1 heterocycles. The highest BCUT2D eigenvalue weighted by Gasteiger charge is 2.44. The van der Waals surface area contributed by atoms with Gasteiger partial charge in [0.05, 0.1) is 12.0 Å². The third-order valence-corrected chi connectivity index (χ3v) is 4.65. The standard InChI is InChI=1S/C10H17NO6S/c1-3-17-8(12)6-18(15,16)11-5-4-10(2,7-11)9(13)14/h3-7H2,1-2H3,(H,13,14). The van der Waals surface area contributed by atoms with Crippen LogP contribution in [0, 0.1) is 5.41 Å². The minimum absolute atomic E-state index is 0.107. The minimum atomic E-state index is -3.79. The van der Waals surface area contributed by atoms with Crippen LogP contribution in [-0.4, -0.2) is 55.2 Å². The van der Waals surface area contributed by atoms with Gasteiger partial charge in [-0.3, -0.25) is 9.59 Å². The first-order valence-electron chi connectivity index (χ1n) is 5.58. The zero-order valence-corrected chi connectivity index (χ0v) is 11.2. The van der Waals surface area contributed by atoms with Crippen molar-refractivity contribution in [2.24, 2.45) is 5.41 Å². The number of carbonyl (C=O) groups is 2. The Morgan fingerprint density at radius 1 is 1.44 bits per heavy atom. The maximum absolute atomic E-state index is 11.9. The van der Waals surface area contributed by atoms with E-state index < -0.39 is 33.1 Å². The highest BCUT2D eigenvalue weighted by atomic mass is 32.2. The van der Waals surface area contributed by atoms with Crippen molar-refractivity contribution in [3.8, 4) is 0 Å². The first kappa shape index (κ1) is 14.9. The molecule has 0 aliphatic carbocycles. The average molecular weight is 279 g/mol. The highest BCUT2D eigenvalue weighted by molar-refractivity contribution is 7.89. The number of sulfonamides is 1. The van der Waals surface area contributed by atoms with E-state index in [9.17, 15) is 18.0 Å². The summed E-state index contributed by atoms with van der Waals surface area (Å²) in [5, 5.41) is 9.01. The Morgan fingerprint density at radius 3 is 2.50 bits per heavy atom. The van der Waals surface area contributed by atoms with Gasteiger partial charge in [-0.2, -0.15) is 0 Å². The number of hydrogen-bond acceptors (Lipinski definition) is 5. The van der Waals surface area contributed by atoms with Crippen LogP contribution in [0.5, 0.6) is 0 Å². The molecule has 1 atom stereocenters. The number of nitrogens with zero attached hydrogens (tertiary/aromatic N) is 1. The molecule has 1 rings (SSSR count). The maximum atomic E-state index is 11.9. The second kappa shape index (κ2) is 5.23. The van der Waals surface area contributed by atoms with Crippen molar-refractivity contribution in [3.05, 3.63) is 0 Å². The summed E-state index contributed by atoms with van der Waals surface area (Å²) in [7, 11) is -3.79. The topological polar surface area (TPSA) is 101 Å². The number of carboxylic acids is 1. The van der Waals surface area contributed by atoms with Gasteiger partial charge < -0.3 is 9.84 Å². The molecule has 0 radical (unpaired) electrons. The van der Waals surface area contributed by atoms with Gasteiger partial charge in [0.1, 0.15) is 0 Å². The molecule has 0 saturated carbocycles. The Hall–Kier alpha value is -1.15. The largest absolute Gasteiger partial charge is 0.481 e. The van der Waals surface area contributed by atoms with E-state index in [1.165, 1.54) is 6.92 Å². The van der Waals surface area contributed by atoms with Gasteiger partial charge >= 0.3 is 11.9 Å². The van der Waals surface area contributed by atoms with Crippen molar-refractivity contribution in [2.75, 3.05) is 25.4 Å². The van der Waals surface area contributed by atoms with Gasteiger partial charge in [0.25, 0.3) is 0 Å². The fourth-order valence-electron chi connectivity index (χ4n) is 1.77. The van der Waals surface area contributed by atoms with E-state index >= 15 is 0 Å². The molecule has 0 amide bonds. The summed E-state index contributed by atoms with van der Waals surface area (Å²) < 4.78 is 29.3. The molecule has 0 aromatic heterocycles. The number of carboxylic acid groups (broad SMARTS) is 1. The Bertz CT molecular complexity index is 445. The lowest BCUT2D eigenvalue weighted by Crippen LogP contribution is -2.37. The zero-order chi connectivity index (χ0) is 14.0. The zero-order valence-electron chi connectivity index (χ0n) is 10.4. The molecule has 1 aliphatic rings. The smallest absolute Gasteiger partial charge is 0.322 e. The summed E-state index contributed by atoms with van der Waals surface area (Å²) >= 11 is 0. The molecule has 0 aromatic rings. The number of rotatable bonds is 5. The number of carbonyl (C=O) groups excluding carboxylic acids is 1. The van der Waals surface area contributed by atoms with Crippen LogP contribution in [0.1, 0.15) is 20.3 Å². The Labute approximate surface area is 106 Å².